The van der Waals surface area contributed by atoms with E-state index in [-0.39, 0.29) is 18.4 Å². The second-order valence-corrected chi connectivity index (χ2v) is 4.56. The van der Waals surface area contributed by atoms with Crippen LogP contribution < -0.4 is 10.6 Å². The number of carbonyl (C=O) groups is 2. The van der Waals surface area contributed by atoms with Crippen LogP contribution in [0.15, 0.2) is 24.3 Å². The van der Waals surface area contributed by atoms with Crippen molar-refractivity contribution >= 4 is 23.2 Å². The van der Waals surface area contributed by atoms with E-state index in [1.165, 1.54) is 7.11 Å². The van der Waals surface area contributed by atoms with Gasteiger partial charge in [0.15, 0.2) is 0 Å². The number of amides is 2. The number of methoxy groups -OCH3 is 1. The molecule has 0 aliphatic rings. The number of carbonyl (C=O) groups excluding carboxylic acids is 2. The lowest BCUT2D eigenvalue weighted by Crippen LogP contribution is -2.17. The van der Waals surface area contributed by atoms with Crippen molar-refractivity contribution in [3.8, 4) is 0 Å². The molecule has 0 aliphatic heterocycles. The Bertz CT molecular complexity index is 429. The van der Waals surface area contributed by atoms with Crippen LogP contribution in [0.1, 0.15) is 32.6 Å². The molecule has 0 saturated carbocycles. The molecule has 1 rings (SSSR count). The van der Waals surface area contributed by atoms with Crippen molar-refractivity contribution in [1.82, 2.24) is 0 Å². The molecule has 0 aliphatic carbocycles. The van der Waals surface area contributed by atoms with Crippen molar-refractivity contribution in [3.05, 3.63) is 24.3 Å². The zero-order valence-corrected chi connectivity index (χ0v) is 12.1. The van der Waals surface area contributed by atoms with E-state index in [4.69, 9.17) is 4.74 Å². The van der Waals surface area contributed by atoms with Gasteiger partial charge in [0.2, 0.25) is 11.8 Å². The highest BCUT2D eigenvalue weighted by atomic mass is 16.5. The Morgan fingerprint density at radius 2 is 1.55 bits per heavy atom. The first-order valence-corrected chi connectivity index (χ1v) is 6.84. The van der Waals surface area contributed by atoms with Gasteiger partial charge in [-0.1, -0.05) is 19.8 Å². The topological polar surface area (TPSA) is 67.4 Å². The third-order valence-corrected chi connectivity index (χ3v) is 2.74. The second-order valence-electron chi connectivity index (χ2n) is 4.56. The normalized spacial score (nSPS) is 10.1. The van der Waals surface area contributed by atoms with Crippen LogP contribution in [0.3, 0.4) is 0 Å². The Morgan fingerprint density at radius 1 is 1.00 bits per heavy atom. The average molecular weight is 278 g/mol. The molecule has 2 amide bonds. The van der Waals surface area contributed by atoms with Crippen molar-refractivity contribution in [2.75, 3.05) is 24.4 Å². The molecule has 0 saturated heterocycles. The van der Waals surface area contributed by atoms with E-state index in [9.17, 15) is 9.59 Å². The molecule has 5 nitrogen and oxygen atoms in total. The van der Waals surface area contributed by atoms with E-state index in [0.717, 1.165) is 24.9 Å². The Hall–Kier alpha value is -1.88. The van der Waals surface area contributed by atoms with E-state index in [1.54, 1.807) is 24.3 Å². The molecule has 0 heterocycles. The lowest BCUT2D eigenvalue weighted by Gasteiger charge is -2.07. The van der Waals surface area contributed by atoms with E-state index in [2.05, 4.69) is 17.6 Å². The van der Waals surface area contributed by atoms with Crippen LogP contribution in [0.4, 0.5) is 11.4 Å². The molecule has 2 N–H and O–H groups in total. The molecule has 0 radical (unpaired) electrons. The zero-order chi connectivity index (χ0) is 14.8. The summed E-state index contributed by atoms with van der Waals surface area (Å²) in [5.41, 5.74) is 1.41. The number of anilines is 2. The third kappa shape index (κ3) is 6.33. The number of hydrogen-bond acceptors (Lipinski definition) is 3. The Balaban J connectivity index is 2.42. The highest BCUT2D eigenvalue weighted by Gasteiger charge is 2.03. The molecule has 5 heteroatoms. The van der Waals surface area contributed by atoms with Gasteiger partial charge in [0, 0.05) is 24.9 Å². The molecule has 20 heavy (non-hydrogen) atoms. The summed E-state index contributed by atoms with van der Waals surface area (Å²) >= 11 is 0. The van der Waals surface area contributed by atoms with Crippen molar-refractivity contribution in [2.24, 2.45) is 0 Å². The molecule has 0 aromatic heterocycles. The van der Waals surface area contributed by atoms with Crippen LogP contribution in [0.5, 0.6) is 0 Å². The number of hydrogen-bond donors (Lipinski definition) is 2. The number of nitrogens with one attached hydrogen (secondary N) is 2. The lowest BCUT2D eigenvalue weighted by atomic mass is 10.2. The van der Waals surface area contributed by atoms with Gasteiger partial charge in [0.05, 0.1) is 0 Å². The molecule has 1 aromatic carbocycles. The van der Waals surface area contributed by atoms with Crippen LogP contribution in [0.25, 0.3) is 0 Å². The molecule has 0 unspecified atom stereocenters. The van der Waals surface area contributed by atoms with Crippen molar-refractivity contribution in [2.45, 2.75) is 32.6 Å². The number of rotatable bonds is 8. The molecular weight excluding hydrogens is 256 g/mol. The summed E-state index contributed by atoms with van der Waals surface area (Å²) in [5, 5.41) is 5.52. The van der Waals surface area contributed by atoms with Gasteiger partial charge in [-0.05, 0) is 30.7 Å². The zero-order valence-electron chi connectivity index (χ0n) is 12.1. The maximum absolute atomic E-state index is 11.6. The van der Waals surface area contributed by atoms with Crippen LogP contribution in [0.2, 0.25) is 0 Å². The van der Waals surface area contributed by atoms with Gasteiger partial charge in [0.1, 0.15) is 6.61 Å². The van der Waals surface area contributed by atoms with E-state index in [1.807, 2.05) is 0 Å². The largest absolute Gasteiger partial charge is 0.375 e. The van der Waals surface area contributed by atoms with Gasteiger partial charge in [-0.3, -0.25) is 9.59 Å². The summed E-state index contributed by atoms with van der Waals surface area (Å²) < 4.78 is 4.73. The van der Waals surface area contributed by atoms with Gasteiger partial charge in [0.25, 0.3) is 0 Å². The van der Waals surface area contributed by atoms with Gasteiger partial charge in [-0.2, -0.15) is 0 Å². The first kappa shape index (κ1) is 16.2. The summed E-state index contributed by atoms with van der Waals surface area (Å²) in [6.45, 7) is 2.13. The van der Waals surface area contributed by atoms with Crippen LogP contribution >= 0.6 is 0 Å². The van der Waals surface area contributed by atoms with Crippen molar-refractivity contribution < 1.29 is 14.3 Å². The quantitative estimate of drug-likeness (QED) is 0.718. The maximum Gasteiger partial charge on any atom is 0.250 e. The lowest BCUT2D eigenvalue weighted by molar-refractivity contribution is -0.119. The maximum atomic E-state index is 11.6. The standard InChI is InChI=1S/C15H22N2O3/c1-3-4-5-6-14(18)16-12-7-9-13(10-8-12)17-15(19)11-20-2/h7-10H,3-6,11H2,1-2H3,(H,16,18)(H,17,19). The summed E-state index contributed by atoms with van der Waals surface area (Å²) in [7, 11) is 1.47. The summed E-state index contributed by atoms with van der Waals surface area (Å²) in [6.07, 6.45) is 3.62. The molecule has 110 valence electrons. The fourth-order valence-electron chi connectivity index (χ4n) is 1.72. The SMILES string of the molecule is CCCCCC(=O)Nc1ccc(NC(=O)COC)cc1. The summed E-state index contributed by atoms with van der Waals surface area (Å²) in [4.78, 5) is 23.0. The molecule has 0 bridgehead atoms. The Kier molecular flexibility index (Phi) is 7.35. The number of unbranched alkanes of at least 4 members (excludes halogenated alkanes) is 2. The highest BCUT2D eigenvalue weighted by Crippen LogP contribution is 2.14. The van der Waals surface area contributed by atoms with Crippen LogP contribution in [-0.2, 0) is 14.3 Å². The average Bonchev–Trinajstić information content (AvgIpc) is 2.41. The smallest absolute Gasteiger partial charge is 0.250 e. The van der Waals surface area contributed by atoms with E-state index < -0.39 is 0 Å². The van der Waals surface area contributed by atoms with Crippen molar-refractivity contribution in [1.29, 1.82) is 0 Å². The van der Waals surface area contributed by atoms with E-state index in [0.29, 0.717) is 12.1 Å². The van der Waals surface area contributed by atoms with Gasteiger partial charge in [-0.25, -0.2) is 0 Å². The predicted molar refractivity (Wildman–Crippen MR) is 79.7 cm³/mol. The van der Waals surface area contributed by atoms with Crippen LogP contribution in [0, 0.1) is 0 Å². The van der Waals surface area contributed by atoms with Gasteiger partial charge >= 0.3 is 0 Å². The number of benzene rings is 1. The third-order valence-electron chi connectivity index (χ3n) is 2.74. The fourth-order valence-corrected chi connectivity index (χ4v) is 1.72. The molecule has 0 fully saturated rings. The fraction of sp³-hybridized carbons (Fsp3) is 0.467. The minimum Gasteiger partial charge on any atom is -0.375 e. The number of ether oxygens (including phenoxy) is 1. The van der Waals surface area contributed by atoms with Gasteiger partial charge < -0.3 is 15.4 Å². The first-order chi connectivity index (χ1) is 9.65. The van der Waals surface area contributed by atoms with E-state index >= 15 is 0 Å². The molecule has 0 atom stereocenters. The second kappa shape index (κ2) is 9.09. The van der Waals surface area contributed by atoms with Crippen molar-refractivity contribution in [3.63, 3.8) is 0 Å². The first-order valence-electron chi connectivity index (χ1n) is 6.84. The minimum atomic E-state index is -0.205. The Morgan fingerprint density at radius 3 is 2.05 bits per heavy atom. The highest BCUT2D eigenvalue weighted by molar-refractivity contribution is 5.93. The predicted octanol–water partition coefficient (Wildman–Crippen LogP) is 2.79. The Labute approximate surface area is 119 Å². The summed E-state index contributed by atoms with van der Waals surface area (Å²) in [5.74, 6) is -0.182. The summed E-state index contributed by atoms with van der Waals surface area (Å²) in [6, 6.07) is 7.02. The van der Waals surface area contributed by atoms with Crippen LogP contribution in [-0.4, -0.2) is 25.5 Å². The molecule has 0 spiro atoms. The molecular formula is C15H22N2O3. The minimum absolute atomic E-state index is 0.0228. The monoisotopic (exact) mass is 278 g/mol. The molecule has 1 aromatic rings. The van der Waals surface area contributed by atoms with Gasteiger partial charge in [-0.15, -0.1) is 0 Å².